The van der Waals surface area contributed by atoms with Crippen molar-refractivity contribution in [3.05, 3.63) is 87.0 Å². The number of para-hydroxylation sites is 1. The van der Waals surface area contributed by atoms with Gasteiger partial charge in [0.05, 0.1) is 7.11 Å². The van der Waals surface area contributed by atoms with Crippen molar-refractivity contribution in [2.45, 2.75) is 20.8 Å². The number of ether oxygens (including phenoxy) is 1. The summed E-state index contributed by atoms with van der Waals surface area (Å²) in [7, 11) is 1.47. The first-order valence-electron chi connectivity index (χ1n) is 11.2. The number of hydrogen-bond donors (Lipinski definition) is 3. The van der Waals surface area contributed by atoms with E-state index in [2.05, 4.69) is 16.1 Å². The summed E-state index contributed by atoms with van der Waals surface area (Å²) in [5.74, 6) is -2.03. The predicted molar refractivity (Wildman–Crippen MR) is 147 cm³/mol. The van der Waals surface area contributed by atoms with E-state index in [9.17, 15) is 14.4 Å². The van der Waals surface area contributed by atoms with Gasteiger partial charge < -0.3 is 15.4 Å². The van der Waals surface area contributed by atoms with E-state index in [4.69, 9.17) is 27.9 Å². The van der Waals surface area contributed by atoms with E-state index in [1.807, 2.05) is 32.9 Å². The van der Waals surface area contributed by atoms with Gasteiger partial charge in [0.1, 0.15) is 17.0 Å². The molecule has 0 aliphatic carbocycles. The van der Waals surface area contributed by atoms with E-state index in [0.29, 0.717) is 38.1 Å². The Morgan fingerprint density at radius 1 is 0.838 bits per heavy atom. The van der Waals surface area contributed by atoms with Gasteiger partial charge in [-0.3, -0.25) is 19.8 Å². The largest absolute Gasteiger partial charge is 0.494 e. The van der Waals surface area contributed by atoms with Crippen LogP contribution in [0.2, 0.25) is 10.0 Å². The fourth-order valence-electron chi connectivity index (χ4n) is 4.20. The van der Waals surface area contributed by atoms with Gasteiger partial charge in [-0.15, -0.1) is 0 Å². The Labute approximate surface area is 223 Å². The second-order valence-corrected chi connectivity index (χ2v) is 9.42. The van der Waals surface area contributed by atoms with Crippen molar-refractivity contribution >= 4 is 63.2 Å². The molecule has 37 heavy (non-hydrogen) atoms. The Kier molecular flexibility index (Phi) is 7.42. The van der Waals surface area contributed by atoms with Gasteiger partial charge in [0, 0.05) is 26.8 Å². The highest BCUT2D eigenvalue weighted by Gasteiger charge is 2.23. The van der Waals surface area contributed by atoms with Crippen LogP contribution in [0.25, 0.3) is 10.9 Å². The van der Waals surface area contributed by atoms with Crippen molar-refractivity contribution in [1.29, 1.82) is 0 Å². The highest BCUT2D eigenvalue weighted by atomic mass is 35.5. The van der Waals surface area contributed by atoms with Crippen molar-refractivity contribution < 1.29 is 19.1 Å². The maximum absolute atomic E-state index is 13.3. The summed E-state index contributed by atoms with van der Waals surface area (Å²) < 4.78 is 6.68. The number of aryl methyl sites for hydroxylation is 3. The van der Waals surface area contributed by atoms with Gasteiger partial charge in [-0.1, -0.05) is 53.0 Å². The third-order valence-electron chi connectivity index (χ3n) is 5.70. The summed E-state index contributed by atoms with van der Waals surface area (Å²) in [6.07, 6.45) is 0. The maximum Gasteiger partial charge on any atom is 0.328 e. The molecule has 1 heterocycles. The topological polar surface area (TPSA) is 101 Å². The highest BCUT2D eigenvalue weighted by Crippen LogP contribution is 2.29. The van der Waals surface area contributed by atoms with Crippen LogP contribution in [0.15, 0.2) is 54.6 Å². The highest BCUT2D eigenvalue weighted by molar-refractivity contribution is 6.42. The van der Waals surface area contributed by atoms with E-state index in [-0.39, 0.29) is 5.69 Å². The third kappa shape index (κ3) is 5.55. The standard InChI is InChI=1S/C27H24Cl2N4O4/c1-14-8-15(2)23(16(3)9-14)31-26(35)27(36)32-33-21(10-17-6-5-7-22(37-4)24(17)33)25(34)30-20-12-18(28)11-19(29)13-20/h5-13H,1-4H3,(H,30,34)(H,31,35)(H,32,36). The van der Waals surface area contributed by atoms with E-state index in [1.165, 1.54) is 30.0 Å². The Morgan fingerprint density at radius 2 is 1.49 bits per heavy atom. The van der Waals surface area contributed by atoms with Crippen LogP contribution in [0, 0.1) is 20.8 Å². The van der Waals surface area contributed by atoms with Gasteiger partial charge >= 0.3 is 11.8 Å². The van der Waals surface area contributed by atoms with E-state index in [0.717, 1.165) is 16.7 Å². The van der Waals surface area contributed by atoms with Gasteiger partial charge in [0.2, 0.25) is 0 Å². The molecule has 190 valence electrons. The number of methoxy groups -OCH3 is 1. The number of aromatic nitrogens is 1. The smallest absolute Gasteiger partial charge is 0.328 e. The second kappa shape index (κ2) is 10.5. The minimum absolute atomic E-state index is 0.0550. The van der Waals surface area contributed by atoms with Crippen LogP contribution in [0.1, 0.15) is 27.2 Å². The third-order valence-corrected chi connectivity index (χ3v) is 6.13. The van der Waals surface area contributed by atoms with Gasteiger partial charge in [0.15, 0.2) is 0 Å². The summed E-state index contributed by atoms with van der Waals surface area (Å²) in [5.41, 5.74) is 6.61. The maximum atomic E-state index is 13.3. The molecule has 0 aliphatic heterocycles. The number of carbonyl (C=O) groups is 3. The number of hydrogen-bond acceptors (Lipinski definition) is 4. The minimum atomic E-state index is -0.970. The number of nitrogens with one attached hydrogen (secondary N) is 3. The van der Waals surface area contributed by atoms with Crippen LogP contribution in [0.3, 0.4) is 0 Å². The van der Waals surface area contributed by atoms with Crippen LogP contribution in [-0.2, 0) is 9.59 Å². The lowest BCUT2D eigenvalue weighted by molar-refractivity contribution is -0.133. The van der Waals surface area contributed by atoms with Crippen molar-refractivity contribution in [2.75, 3.05) is 23.2 Å². The van der Waals surface area contributed by atoms with Crippen molar-refractivity contribution in [1.82, 2.24) is 4.68 Å². The molecular formula is C27H24Cl2N4O4. The van der Waals surface area contributed by atoms with Gasteiger partial charge in [-0.05, 0) is 62.2 Å². The van der Waals surface area contributed by atoms with Gasteiger partial charge in [-0.25, -0.2) is 4.68 Å². The van der Waals surface area contributed by atoms with Crippen LogP contribution in [-0.4, -0.2) is 29.5 Å². The Bertz CT molecular complexity index is 1520. The first-order chi connectivity index (χ1) is 17.6. The molecule has 4 aromatic rings. The van der Waals surface area contributed by atoms with Gasteiger partial charge in [-0.2, -0.15) is 0 Å². The Balaban J connectivity index is 1.69. The molecule has 0 aliphatic rings. The molecule has 0 radical (unpaired) electrons. The van der Waals surface area contributed by atoms with E-state index < -0.39 is 17.7 Å². The Hall–Kier alpha value is -4.01. The molecule has 0 bridgehead atoms. The lowest BCUT2D eigenvalue weighted by atomic mass is 10.1. The molecule has 0 spiro atoms. The number of nitrogens with zero attached hydrogens (tertiary/aromatic N) is 1. The molecule has 3 aromatic carbocycles. The molecule has 3 N–H and O–H groups in total. The molecule has 10 heteroatoms. The molecule has 0 fully saturated rings. The molecule has 8 nitrogen and oxygen atoms in total. The van der Waals surface area contributed by atoms with Crippen molar-refractivity contribution in [2.24, 2.45) is 0 Å². The monoisotopic (exact) mass is 538 g/mol. The number of carbonyl (C=O) groups excluding carboxylic acids is 3. The number of amides is 3. The van der Waals surface area contributed by atoms with E-state index >= 15 is 0 Å². The molecule has 0 saturated carbocycles. The Morgan fingerprint density at radius 3 is 2.11 bits per heavy atom. The average molecular weight is 539 g/mol. The summed E-state index contributed by atoms with van der Waals surface area (Å²) in [6.45, 7) is 5.65. The molecule has 3 amide bonds. The zero-order chi connectivity index (χ0) is 26.9. The van der Waals surface area contributed by atoms with Gasteiger partial charge in [0.25, 0.3) is 5.91 Å². The second-order valence-electron chi connectivity index (χ2n) is 8.54. The fourth-order valence-corrected chi connectivity index (χ4v) is 4.72. The lowest BCUT2D eigenvalue weighted by Gasteiger charge is -2.15. The quantitative estimate of drug-likeness (QED) is 0.277. The minimum Gasteiger partial charge on any atom is -0.494 e. The van der Waals surface area contributed by atoms with Crippen molar-refractivity contribution in [3.63, 3.8) is 0 Å². The van der Waals surface area contributed by atoms with Crippen LogP contribution < -0.4 is 20.8 Å². The molecule has 1 aromatic heterocycles. The average Bonchev–Trinajstić information content (AvgIpc) is 3.19. The summed E-state index contributed by atoms with van der Waals surface area (Å²) in [4.78, 5) is 39.2. The molecule has 0 saturated heterocycles. The van der Waals surface area contributed by atoms with Crippen LogP contribution in [0.5, 0.6) is 5.75 Å². The number of anilines is 2. The van der Waals surface area contributed by atoms with Crippen LogP contribution in [0.4, 0.5) is 11.4 Å². The normalized spacial score (nSPS) is 10.8. The summed E-state index contributed by atoms with van der Waals surface area (Å²) in [6, 6.07) is 15.2. The molecule has 0 atom stereocenters. The first-order valence-corrected chi connectivity index (χ1v) is 12.0. The van der Waals surface area contributed by atoms with Crippen LogP contribution >= 0.6 is 23.2 Å². The van der Waals surface area contributed by atoms with E-state index in [1.54, 1.807) is 24.3 Å². The number of halogens is 2. The molecule has 0 unspecified atom stereocenters. The number of rotatable bonds is 5. The zero-order valence-electron chi connectivity index (χ0n) is 20.5. The predicted octanol–water partition coefficient (Wildman–Crippen LogP) is 5.84. The summed E-state index contributed by atoms with van der Waals surface area (Å²) in [5, 5.41) is 6.69. The first kappa shape index (κ1) is 26.1. The van der Waals surface area contributed by atoms with Crippen molar-refractivity contribution in [3.8, 4) is 5.75 Å². The SMILES string of the molecule is COc1cccc2cc(C(=O)Nc3cc(Cl)cc(Cl)c3)n(NC(=O)C(=O)Nc3c(C)cc(C)cc3C)c12. The summed E-state index contributed by atoms with van der Waals surface area (Å²) >= 11 is 12.1. The molecule has 4 rings (SSSR count). The number of fused-ring (bicyclic) bond motifs is 1. The zero-order valence-corrected chi connectivity index (χ0v) is 22.0. The number of benzene rings is 3. The lowest BCUT2D eigenvalue weighted by Crippen LogP contribution is -2.36. The fraction of sp³-hybridized carbons (Fsp3) is 0.148. The molecular weight excluding hydrogens is 515 g/mol.